The third kappa shape index (κ3) is 2.82. The number of nitrogens with zero attached hydrogens (tertiary/aromatic N) is 2. The Morgan fingerprint density at radius 2 is 2.09 bits per heavy atom. The number of aryl methyl sites for hydroxylation is 1. The summed E-state index contributed by atoms with van der Waals surface area (Å²) in [4.78, 5) is 20.3. The van der Waals surface area contributed by atoms with Crippen LogP contribution in [0.15, 0.2) is 30.6 Å². The number of halogens is 1. The molecule has 2 aromatic rings. The van der Waals surface area contributed by atoms with Crippen molar-refractivity contribution in [2.75, 3.05) is 5.32 Å². The lowest BCUT2D eigenvalue weighted by Gasteiger charge is -2.14. The minimum Gasteiger partial charge on any atom is -0.325 e. The molecule has 0 radical (unpaired) electrons. The van der Waals surface area contributed by atoms with Crippen molar-refractivity contribution < 1.29 is 9.18 Å². The number of carbonyl (C=O) groups is 1. The molecule has 1 aromatic heterocycles. The Kier molecular flexibility index (Phi) is 3.34. The van der Waals surface area contributed by atoms with Crippen LogP contribution < -0.4 is 10.6 Å². The number of fused-ring (bicyclic) bond motifs is 1. The van der Waals surface area contributed by atoms with Gasteiger partial charge >= 0.3 is 0 Å². The number of rotatable bonds is 3. The molecule has 0 bridgehead atoms. The molecule has 5 nitrogen and oxygen atoms in total. The highest BCUT2D eigenvalue weighted by Gasteiger charge is 2.47. The fraction of sp³-hybridized carbons (Fsp3) is 0.353. The van der Waals surface area contributed by atoms with Crippen LogP contribution in [0.5, 0.6) is 0 Å². The Morgan fingerprint density at radius 1 is 1.30 bits per heavy atom. The molecule has 1 saturated heterocycles. The van der Waals surface area contributed by atoms with Crippen LogP contribution >= 0.6 is 0 Å². The van der Waals surface area contributed by atoms with E-state index < -0.39 is 5.82 Å². The van der Waals surface area contributed by atoms with E-state index in [0.717, 1.165) is 29.9 Å². The molecule has 1 amide bonds. The highest BCUT2D eigenvalue weighted by Crippen LogP contribution is 2.40. The molecular weight excluding hydrogens is 295 g/mol. The van der Waals surface area contributed by atoms with Crippen molar-refractivity contribution in [3.05, 3.63) is 42.0 Å². The second-order valence-electron chi connectivity index (χ2n) is 6.30. The van der Waals surface area contributed by atoms with Gasteiger partial charge in [0.15, 0.2) is 11.6 Å². The van der Waals surface area contributed by atoms with E-state index in [1.807, 2.05) is 25.1 Å². The second-order valence-corrected chi connectivity index (χ2v) is 6.30. The van der Waals surface area contributed by atoms with E-state index in [0.29, 0.717) is 23.5 Å². The molecule has 1 aliphatic heterocycles. The van der Waals surface area contributed by atoms with Gasteiger partial charge in [-0.2, -0.15) is 0 Å². The molecule has 1 aliphatic carbocycles. The molecule has 118 valence electrons. The molecule has 2 N–H and O–H groups in total. The number of nitrogens with one attached hydrogen (secondary N) is 2. The fourth-order valence-electron chi connectivity index (χ4n) is 3.15. The standard InChI is InChI=1S/C17H17FN4O/c1-9-2-3-12(6-13(9)16-19-7-11(18)8-20-16)21-17(23)15-5-10-4-14(10)22-15/h2-3,6-8,10,14-15,22H,4-5H2,1H3,(H,21,23)/t10-,14-,15-/m1/s1. The Labute approximate surface area is 133 Å². The summed E-state index contributed by atoms with van der Waals surface area (Å²) in [6, 6.07) is 6.01. The molecule has 1 aromatic carbocycles. The van der Waals surface area contributed by atoms with E-state index in [1.165, 1.54) is 6.42 Å². The minimum absolute atomic E-state index is 0.00738. The van der Waals surface area contributed by atoms with Crippen LogP contribution in [0.3, 0.4) is 0 Å². The Hall–Kier alpha value is -2.34. The maximum atomic E-state index is 13.0. The third-order valence-corrected chi connectivity index (χ3v) is 4.56. The molecule has 2 fully saturated rings. The summed E-state index contributed by atoms with van der Waals surface area (Å²) in [6.07, 6.45) is 4.39. The Morgan fingerprint density at radius 3 is 2.78 bits per heavy atom. The molecule has 0 unspecified atom stereocenters. The average Bonchev–Trinajstić information content (AvgIpc) is 3.16. The van der Waals surface area contributed by atoms with E-state index in [4.69, 9.17) is 0 Å². The van der Waals surface area contributed by atoms with E-state index >= 15 is 0 Å². The van der Waals surface area contributed by atoms with Crippen molar-refractivity contribution >= 4 is 11.6 Å². The first-order chi connectivity index (χ1) is 11.1. The zero-order valence-corrected chi connectivity index (χ0v) is 12.7. The van der Waals surface area contributed by atoms with Gasteiger partial charge in [0.1, 0.15) is 0 Å². The topological polar surface area (TPSA) is 66.9 Å². The summed E-state index contributed by atoms with van der Waals surface area (Å²) in [5, 5.41) is 6.28. The molecule has 2 aliphatic rings. The van der Waals surface area contributed by atoms with Crippen molar-refractivity contribution in [1.82, 2.24) is 15.3 Å². The third-order valence-electron chi connectivity index (χ3n) is 4.56. The van der Waals surface area contributed by atoms with Gasteiger partial charge in [0.25, 0.3) is 0 Å². The van der Waals surface area contributed by atoms with Gasteiger partial charge in [-0.05, 0) is 43.4 Å². The molecule has 1 saturated carbocycles. The van der Waals surface area contributed by atoms with Gasteiger partial charge in [0.2, 0.25) is 5.91 Å². The fourth-order valence-corrected chi connectivity index (χ4v) is 3.15. The number of amides is 1. The first kappa shape index (κ1) is 14.3. The van der Waals surface area contributed by atoms with Crippen molar-refractivity contribution in [2.45, 2.75) is 31.8 Å². The summed E-state index contributed by atoms with van der Waals surface area (Å²) >= 11 is 0. The largest absolute Gasteiger partial charge is 0.325 e. The quantitative estimate of drug-likeness (QED) is 0.912. The van der Waals surface area contributed by atoms with Crippen LogP contribution in [0.2, 0.25) is 0 Å². The van der Waals surface area contributed by atoms with Gasteiger partial charge in [-0.3, -0.25) is 4.79 Å². The average molecular weight is 312 g/mol. The minimum atomic E-state index is -0.471. The number of hydrogen-bond acceptors (Lipinski definition) is 4. The maximum Gasteiger partial charge on any atom is 0.241 e. The van der Waals surface area contributed by atoms with Gasteiger partial charge < -0.3 is 10.6 Å². The van der Waals surface area contributed by atoms with Crippen molar-refractivity contribution in [3.63, 3.8) is 0 Å². The Balaban J connectivity index is 1.54. The van der Waals surface area contributed by atoms with Crippen molar-refractivity contribution in [3.8, 4) is 11.4 Å². The van der Waals surface area contributed by atoms with Crippen molar-refractivity contribution in [1.29, 1.82) is 0 Å². The van der Waals surface area contributed by atoms with Crippen LogP contribution in [-0.2, 0) is 4.79 Å². The van der Waals surface area contributed by atoms with E-state index in [9.17, 15) is 9.18 Å². The molecule has 6 heteroatoms. The Bertz CT molecular complexity index is 752. The predicted molar refractivity (Wildman–Crippen MR) is 84.2 cm³/mol. The molecule has 23 heavy (non-hydrogen) atoms. The molecular formula is C17H17FN4O. The van der Waals surface area contributed by atoms with Gasteiger partial charge in [-0.15, -0.1) is 0 Å². The highest BCUT2D eigenvalue weighted by atomic mass is 19.1. The van der Waals surface area contributed by atoms with Gasteiger partial charge in [-0.1, -0.05) is 6.07 Å². The molecule has 0 spiro atoms. The van der Waals surface area contributed by atoms with Gasteiger partial charge in [0, 0.05) is 17.3 Å². The zero-order valence-electron chi connectivity index (χ0n) is 12.7. The van der Waals surface area contributed by atoms with E-state index in [1.54, 1.807) is 0 Å². The summed E-state index contributed by atoms with van der Waals surface area (Å²) in [7, 11) is 0. The molecule has 2 heterocycles. The zero-order chi connectivity index (χ0) is 16.0. The maximum absolute atomic E-state index is 13.0. The van der Waals surface area contributed by atoms with Crippen LogP contribution in [0, 0.1) is 18.7 Å². The van der Waals surface area contributed by atoms with E-state index in [-0.39, 0.29) is 11.9 Å². The lowest BCUT2D eigenvalue weighted by molar-refractivity contribution is -0.118. The highest BCUT2D eigenvalue weighted by molar-refractivity contribution is 5.95. The lowest BCUT2D eigenvalue weighted by Crippen LogP contribution is -2.37. The van der Waals surface area contributed by atoms with Crippen LogP contribution in [-0.4, -0.2) is 28.0 Å². The monoisotopic (exact) mass is 312 g/mol. The lowest BCUT2D eigenvalue weighted by atomic mass is 10.1. The first-order valence-corrected chi connectivity index (χ1v) is 7.75. The SMILES string of the molecule is Cc1ccc(NC(=O)[C@H]2C[C@H]3C[C@H]3N2)cc1-c1ncc(F)cn1. The number of anilines is 1. The molecule has 3 atom stereocenters. The number of carbonyl (C=O) groups excluding carboxylic acids is 1. The van der Waals surface area contributed by atoms with Crippen LogP contribution in [0.4, 0.5) is 10.1 Å². The number of aromatic nitrogens is 2. The number of hydrogen-bond donors (Lipinski definition) is 2. The van der Waals surface area contributed by atoms with Crippen LogP contribution in [0.25, 0.3) is 11.4 Å². The first-order valence-electron chi connectivity index (χ1n) is 7.75. The second kappa shape index (κ2) is 5.38. The van der Waals surface area contributed by atoms with Gasteiger partial charge in [-0.25, -0.2) is 14.4 Å². The predicted octanol–water partition coefficient (Wildman–Crippen LogP) is 2.28. The smallest absolute Gasteiger partial charge is 0.241 e. The number of piperidine rings is 1. The summed E-state index contributed by atoms with van der Waals surface area (Å²) in [5.41, 5.74) is 2.45. The molecule has 4 rings (SSSR count). The van der Waals surface area contributed by atoms with Gasteiger partial charge in [0.05, 0.1) is 18.4 Å². The summed E-state index contributed by atoms with van der Waals surface area (Å²) in [5.74, 6) is 0.640. The van der Waals surface area contributed by atoms with Crippen molar-refractivity contribution in [2.24, 2.45) is 5.92 Å². The van der Waals surface area contributed by atoms with Crippen LogP contribution in [0.1, 0.15) is 18.4 Å². The normalized spacial score (nSPS) is 25.0. The number of benzene rings is 1. The summed E-state index contributed by atoms with van der Waals surface area (Å²) in [6.45, 7) is 1.93. The summed E-state index contributed by atoms with van der Waals surface area (Å²) < 4.78 is 13.0. The van der Waals surface area contributed by atoms with E-state index in [2.05, 4.69) is 20.6 Å².